The van der Waals surface area contributed by atoms with Gasteiger partial charge in [-0.15, -0.1) is 0 Å². The Kier molecular flexibility index (Phi) is 5.56. The van der Waals surface area contributed by atoms with Crippen molar-refractivity contribution in [2.24, 2.45) is 0 Å². The normalized spacial score (nSPS) is 10.1. The topological polar surface area (TPSA) is 116 Å². The highest BCUT2D eigenvalue weighted by Crippen LogP contribution is 2.37. The molecule has 0 fully saturated rings. The number of anilines is 1. The van der Waals surface area contributed by atoms with Gasteiger partial charge >= 0.3 is 0 Å². The molecule has 0 aliphatic carbocycles. The maximum atomic E-state index is 12.2. The molecule has 8 heteroatoms. The van der Waals surface area contributed by atoms with Gasteiger partial charge in [-0.2, -0.15) is 10.5 Å². The molecule has 3 aromatic rings. The second-order valence-corrected chi connectivity index (χ2v) is 6.64. The molecule has 0 spiro atoms. The van der Waals surface area contributed by atoms with Gasteiger partial charge in [0.25, 0.3) is 5.56 Å². The van der Waals surface area contributed by atoms with Gasteiger partial charge in [0.05, 0.1) is 0 Å². The number of H-pyrrole nitrogens is 1. The van der Waals surface area contributed by atoms with Gasteiger partial charge in [0.15, 0.2) is 0 Å². The van der Waals surface area contributed by atoms with Crippen LogP contribution in [0, 0.1) is 22.7 Å². The monoisotopic (exact) mass is 410 g/mol. The van der Waals surface area contributed by atoms with Crippen LogP contribution in [0.5, 0.6) is 5.75 Å². The van der Waals surface area contributed by atoms with Crippen LogP contribution in [0.2, 0.25) is 10.0 Å². The minimum absolute atomic E-state index is 0.0326. The first kappa shape index (κ1) is 19.3. The molecule has 1 aromatic heterocycles. The number of rotatable bonds is 4. The van der Waals surface area contributed by atoms with Crippen LogP contribution in [0.4, 0.5) is 5.82 Å². The van der Waals surface area contributed by atoms with Crippen molar-refractivity contribution in [2.45, 2.75) is 6.61 Å². The summed E-state index contributed by atoms with van der Waals surface area (Å²) in [6.07, 6.45) is 0. The van der Waals surface area contributed by atoms with Crippen LogP contribution in [0.15, 0.2) is 47.3 Å². The first-order chi connectivity index (χ1) is 13.4. The molecule has 0 bridgehead atoms. The van der Waals surface area contributed by atoms with Crippen molar-refractivity contribution in [3.05, 3.63) is 79.6 Å². The van der Waals surface area contributed by atoms with E-state index in [0.717, 1.165) is 5.56 Å². The number of nitrogens with two attached hydrogens (primary N) is 1. The Labute approximate surface area is 170 Å². The Balaban J connectivity index is 2.15. The molecule has 3 N–H and O–H groups in total. The van der Waals surface area contributed by atoms with Crippen LogP contribution in [0.1, 0.15) is 16.7 Å². The molecule has 0 saturated carbocycles. The number of nitriles is 2. The predicted molar refractivity (Wildman–Crippen MR) is 107 cm³/mol. The minimum atomic E-state index is -0.697. The summed E-state index contributed by atoms with van der Waals surface area (Å²) in [5, 5.41) is 19.9. The molecule has 0 saturated heterocycles. The van der Waals surface area contributed by atoms with E-state index in [4.69, 9.17) is 33.7 Å². The molecule has 0 aliphatic rings. The van der Waals surface area contributed by atoms with Crippen molar-refractivity contribution in [3.63, 3.8) is 0 Å². The van der Waals surface area contributed by atoms with E-state index in [1.54, 1.807) is 24.3 Å². The third-order valence-corrected chi connectivity index (χ3v) is 4.47. The molecule has 0 unspecified atom stereocenters. The Hall–Kier alpha value is -3.45. The first-order valence-corrected chi connectivity index (χ1v) is 8.73. The van der Waals surface area contributed by atoms with Gasteiger partial charge in [-0.1, -0.05) is 35.3 Å². The number of nitrogen functional groups attached to an aromatic ring is 1. The van der Waals surface area contributed by atoms with E-state index in [-0.39, 0.29) is 29.1 Å². The lowest BCUT2D eigenvalue weighted by Gasteiger charge is -2.15. The highest BCUT2D eigenvalue weighted by molar-refractivity contribution is 6.31. The molecule has 1 heterocycles. The molecular formula is C20H12Cl2N4O2. The van der Waals surface area contributed by atoms with Gasteiger partial charge in [-0.3, -0.25) is 4.79 Å². The molecular weight excluding hydrogens is 399 g/mol. The van der Waals surface area contributed by atoms with Crippen molar-refractivity contribution in [2.75, 3.05) is 5.73 Å². The zero-order chi connectivity index (χ0) is 20.3. The number of hydrogen-bond donors (Lipinski definition) is 2. The molecule has 28 heavy (non-hydrogen) atoms. The van der Waals surface area contributed by atoms with Crippen molar-refractivity contribution in [1.82, 2.24) is 4.98 Å². The number of nitrogens with one attached hydrogen (secondary N) is 1. The molecule has 0 aliphatic heterocycles. The van der Waals surface area contributed by atoms with Crippen LogP contribution < -0.4 is 16.0 Å². The molecule has 0 amide bonds. The number of halogens is 2. The summed E-state index contributed by atoms with van der Waals surface area (Å²) < 4.78 is 5.88. The fraction of sp³-hybridized carbons (Fsp3) is 0.0500. The van der Waals surface area contributed by atoms with E-state index in [1.165, 1.54) is 6.07 Å². The summed E-state index contributed by atoms with van der Waals surface area (Å²) in [7, 11) is 0. The number of nitrogens with zero attached hydrogens (tertiary/aromatic N) is 2. The number of hydrogen-bond acceptors (Lipinski definition) is 5. The first-order valence-electron chi connectivity index (χ1n) is 7.97. The summed E-state index contributed by atoms with van der Waals surface area (Å²) in [6, 6.07) is 15.6. The van der Waals surface area contributed by atoms with Gasteiger partial charge in [-0.25, -0.2) is 0 Å². The number of pyridine rings is 1. The SMILES string of the molecule is N#Cc1c(N)[nH]c(=O)c(C#N)c1-c1cc(Cl)ccc1OCc1ccc(Cl)cc1. The van der Waals surface area contributed by atoms with E-state index in [1.807, 2.05) is 24.3 Å². The Morgan fingerprint density at radius 1 is 1.00 bits per heavy atom. The lowest BCUT2D eigenvalue weighted by Crippen LogP contribution is -2.16. The molecule has 3 rings (SSSR count). The van der Waals surface area contributed by atoms with Crippen molar-refractivity contribution in [3.8, 4) is 29.0 Å². The number of ether oxygens (including phenoxy) is 1. The summed E-state index contributed by atoms with van der Waals surface area (Å²) in [4.78, 5) is 14.5. The second kappa shape index (κ2) is 8.06. The van der Waals surface area contributed by atoms with Crippen molar-refractivity contribution in [1.29, 1.82) is 10.5 Å². The van der Waals surface area contributed by atoms with Crippen molar-refractivity contribution < 1.29 is 4.74 Å². The van der Waals surface area contributed by atoms with Gasteiger partial charge in [0, 0.05) is 21.2 Å². The quantitative estimate of drug-likeness (QED) is 0.666. The summed E-state index contributed by atoms with van der Waals surface area (Å²) in [5.41, 5.74) is 6.08. The number of benzene rings is 2. The second-order valence-electron chi connectivity index (χ2n) is 5.77. The summed E-state index contributed by atoms with van der Waals surface area (Å²) in [5.74, 6) is 0.211. The third-order valence-electron chi connectivity index (χ3n) is 3.99. The van der Waals surface area contributed by atoms with Gasteiger partial charge in [0.1, 0.15) is 41.4 Å². The van der Waals surface area contributed by atoms with E-state index >= 15 is 0 Å². The largest absolute Gasteiger partial charge is 0.488 e. The van der Waals surface area contributed by atoms with Gasteiger partial charge < -0.3 is 15.5 Å². The van der Waals surface area contributed by atoms with Gasteiger partial charge in [-0.05, 0) is 35.9 Å². The van der Waals surface area contributed by atoms with Crippen LogP contribution in [-0.2, 0) is 6.61 Å². The Bertz CT molecular complexity index is 1190. The summed E-state index contributed by atoms with van der Waals surface area (Å²) >= 11 is 12.0. The average Bonchev–Trinajstić information content (AvgIpc) is 2.67. The fourth-order valence-corrected chi connectivity index (χ4v) is 2.98. The Morgan fingerprint density at radius 3 is 2.29 bits per heavy atom. The molecule has 0 atom stereocenters. The van der Waals surface area contributed by atoms with Crippen molar-refractivity contribution >= 4 is 29.0 Å². The number of aromatic amines is 1. The lowest BCUT2D eigenvalue weighted by atomic mass is 9.96. The average molecular weight is 411 g/mol. The maximum Gasteiger partial charge on any atom is 0.268 e. The van der Waals surface area contributed by atoms with Crippen LogP contribution in [-0.4, -0.2) is 4.98 Å². The van der Waals surface area contributed by atoms with E-state index < -0.39 is 5.56 Å². The van der Waals surface area contributed by atoms with E-state index in [9.17, 15) is 15.3 Å². The minimum Gasteiger partial charge on any atom is -0.488 e. The standard InChI is InChI=1S/C20H12Cl2N4O2/c21-12-3-1-11(2-4-12)10-28-17-6-5-13(22)7-14(17)18-15(8-23)19(25)26-20(27)16(18)9-24/h1-7H,10H2,(H3,25,26,27). The maximum absolute atomic E-state index is 12.2. The molecule has 0 radical (unpaired) electrons. The zero-order valence-electron chi connectivity index (χ0n) is 14.3. The van der Waals surface area contributed by atoms with E-state index in [2.05, 4.69) is 4.98 Å². The van der Waals surface area contributed by atoms with Crippen LogP contribution >= 0.6 is 23.2 Å². The predicted octanol–water partition coefficient (Wildman–Crippen LogP) is 4.25. The van der Waals surface area contributed by atoms with E-state index in [0.29, 0.717) is 21.4 Å². The molecule has 138 valence electrons. The van der Waals surface area contributed by atoms with Crippen LogP contribution in [0.3, 0.4) is 0 Å². The zero-order valence-corrected chi connectivity index (χ0v) is 15.8. The highest BCUT2D eigenvalue weighted by atomic mass is 35.5. The molecule has 2 aromatic carbocycles. The third kappa shape index (κ3) is 3.79. The highest BCUT2D eigenvalue weighted by Gasteiger charge is 2.21. The Morgan fingerprint density at radius 2 is 1.64 bits per heavy atom. The lowest BCUT2D eigenvalue weighted by molar-refractivity contribution is 0.307. The fourth-order valence-electron chi connectivity index (χ4n) is 2.68. The molecule has 6 nitrogen and oxygen atoms in total. The van der Waals surface area contributed by atoms with Gasteiger partial charge in [0.2, 0.25) is 0 Å². The number of aromatic nitrogens is 1. The summed E-state index contributed by atoms with van der Waals surface area (Å²) in [6.45, 7) is 0.203. The smallest absolute Gasteiger partial charge is 0.268 e. The van der Waals surface area contributed by atoms with Crippen LogP contribution in [0.25, 0.3) is 11.1 Å².